The Labute approximate surface area is 115 Å². The van der Waals surface area contributed by atoms with Crippen molar-refractivity contribution < 1.29 is 9.90 Å². The number of hydrogen-bond donors (Lipinski definition) is 2. The maximum Gasteiger partial charge on any atom is 0.330 e. The molecule has 20 heavy (non-hydrogen) atoms. The van der Waals surface area contributed by atoms with E-state index in [1.807, 2.05) is 12.1 Å². The number of imidazole rings is 1. The zero-order chi connectivity index (χ0) is 14.2. The molecule has 0 unspecified atom stereocenters. The number of carbonyl (C=O) groups is 1. The van der Waals surface area contributed by atoms with E-state index in [-0.39, 0.29) is 5.69 Å². The smallest absolute Gasteiger partial charge is 0.330 e. The Bertz CT molecular complexity index is 676. The monoisotopic (exact) mass is 272 g/mol. The third-order valence-corrected chi connectivity index (χ3v) is 4.21. The zero-order valence-corrected chi connectivity index (χ0v) is 11.0. The Hall–Kier alpha value is -2.30. The molecule has 0 bridgehead atoms. The molecule has 0 aliphatic heterocycles. The Balaban J connectivity index is 1.99. The van der Waals surface area contributed by atoms with Gasteiger partial charge in [0.25, 0.3) is 0 Å². The molecule has 0 amide bonds. The first-order valence-electron chi connectivity index (χ1n) is 6.74. The van der Waals surface area contributed by atoms with Gasteiger partial charge >= 0.3 is 11.7 Å². The first kappa shape index (κ1) is 12.7. The number of H-pyrrole nitrogens is 1. The van der Waals surface area contributed by atoms with Gasteiger partial charge in [0.2, 0.25) is 0 Å². The number of benzene rings is 1. The maximum atomic E-state index is 11.6. The molecule has 0 spiro atoms. The first-order chi connectivity index (χ1) is 9.63. The molecule has 1 saturated carbocycles. The lowest BCUT2D eigenvalue weighted by Gasteiger charge is -2.24. The summed E-state index contributed by atoms with van der Waals surface area (Å²) in [7, 11) is 0. The molecule has 2 N–H and O–H groups in total. The number of aromatic nitrogens is 2. The highest BCUT2D eigenvalue weighted by Crippen LogP contribution is 2.41. The number of hydrogen-bond acceptors (Lipinski definition) is 2. The number of aromatic amines is 1. The fourth-order valence-corrected chi connectivity index (χ4v) is 3.07. The molecular formula is C15H16N2O3. The molecule has 1 aromatic carbocycles. The van der Waals surface area contributed by atoms with Crippen LogP contribution in [0.15, 0.2) is 41.5 Å². The Morgan fingerprint density at radius 2 is 1.85 bits per heavy atom. The van der Waals surface area contributed by atoms with Gasteiger partial charge in [0.15, 0.2) is 0 Å². The summed E-state index contributed by atoms with van der Waals surface area (Å²) in [6.07, 6.45) is 6.50. The van der Waals surface area contributed by atoms with E-state index in [0.717, 1.165) is 24.1 Å². The third-order valence-electron chi connectivity index (χ3n) is 4.21. The van der Waals surface area contributed by atoms with Crippen LogP contribution in [0, 0.1) is 0 Å². The molecule has 3 rings (SSSR count). The van der Waals surface area contributed by atoms with Crippen LogP contribution in [-0.2, 0) is 10.2 Å². The van der Waals surface area contributed by atoms with Gasteiger partial charge in [-0.1, -0.05) is 25.0 Å². The van der Waals surface area contributed by atoms with Crippen molar-refractivity contribution >= 4 is 5.97 Å². The highest BCUT2D eigenvalue weighted by Gasteiger charge is 2.42. The van der Waals surface area contributed by atoms with Crippen LogP contribution >= 0.6 is 0 Å². The Morgan fingerprint density at radius 1 is 1.20 bits per heavy atom. The SMILES string of the molecule is O=C(O)C1(c2ccc(-n3cc[nH]c3=O)cc2)CCCC1. The molecule has 1 aliphatic rings. The fourth-order valence-electron chi connectivity index (χ4n) is 3.07. The van der Waals surface area contributed by atoms with Crippen molar-refractivity contribution in [2.45, 2.75) is 31.1 Å². The summed E-state index contributed by atoms with van der Waals surface area (Å²) in [5, 5.41) is 9.55. The average Bonchev–Trinajstić information content (AvgIpc) is 3.08. The van der Waals surface area contributed by atoms with Crippen molar-refractivity contribution in [1.82, 2.24) is 9.55 Å². The van der Waals surface area contributed by atoms with E-state index in [1.54, 1.807) is 24.5 Å². The van der Waals surface area contributed by atoms with Gasteiger partial charge in [-0.25, -0.2) is 4.79 Å². The summed E-state index contributed by atoms with van der Waals surface area (Å²) < 4.78 is 1.49. The normalized spacial score (nSPS) is 17.2. The minimum atomic E-state index is -0.749. The topological polar surface area (TPSA) is 75.1 Å². The number of nitrogens with one attached hydrogen (secondary N) is 1. The molecule has 1 heterocycles. The van der Waals surface area contributed by atoms with Gasteiger partial charge in [0.05, 0.1) is 11.1 Å². The number of aliphatic carboxylic acids is 1. The van der Waals surface area contributed by atoms with Crippen LogP contribution in [0.5, 0.6) is 0 Å². The number of nitrogens with zero attached hydrogens (tertiary/aromatic N) is 1. The van der Waals surface area contributed by atoms with Crippen LogP contribution in [0.25, 0.3) is 5.69 Å². The summed E-state index contributed by atoms with van der Waals surface area (Å²) in [4.78, 5) is 25.8. The molecule has 1 aliphatic carbocycles. The van der Waals surface area contributed by atoms with Crippen molar-refractivity contribution in [3.8, 4) is 5.69 Å². The van der Waals surface area contributed by atoms with Gasteiger partial charge in [-0.2, -0.15) is 0 Å². The second-order valence-corrected chi connectivity index (χ2v) is 5.28. The average molecular weight is 272 g/mol. The predicted octanol–water partition coefficient (Wildman–Crippen LogP) is 2.06. The number of carboxylic acids is 1. The lowest BCUT2D eigenvalue weighted by atomic mass is 9.79. The van der Waals surface area contributed by atoms with Crippen LogP contribution in [0.3, 0.4) is 0 Å². The Morgan fingerprint density at radius 3 is 2.35 bits per heavy atom. The van der Waals surface area contributed by atoms with E-state index < -0.39 is 11.4 Å². The summed E-state index contributed by atoms with van der Waals surface area (Å²) in [5.74, 6) is -0.749. The van der Waals surface area contributed by atoms with Crippen molar-refractivity contribution in [2.24, 2.45) is 0 Å². The molecule has 0 atom stereocenters. The van der Waals surface area contributed by atoms with Gasteiger partial charge in [-0.05, 0) is 30.5 Å². The lowest BCUT2D eigenvalue weighted by Crippen LogP contribution is -2.32. The van der Waals surface area contributed by atoms with Crippen molar-refractivity contribution in [3.63, 3.8) is 0 Å². The van der Waals surface area contributed by atoms with E-state index in [4.69, 9.17) is 0 Å². The molecule has 104 valence electrons. The van der Waals surface area contributed by atoms with E-state index >= 15 is 0 Å². The molecule has 2 aromatic rings. The Kier molecular flexibility index (Phi) is 2.97. The van der Waals surface area contributed by atoms with Crippen molar-refractivity contribution in [3.05, 3.63) is 52.7 Å². The van der Waals surface area contributed by atoms with Crippen molar-refractivity contribution in [1.29, 1.82) is 0 Å². The minimum absolute atomic E-state index is 0.202. The molecule has 5 nitrogen and oxygen atoms in total. The number of carboxylic acid groups (broad SMARTS) is 1. The fraction of sp³-hybridized carbons (Fsp3) is 0.333. The van der Waals surface area contributed by atoms with Crippen LogP contribution < -0.4 is 5.69 Å². The van der Waals surface area contributed by atoms with E-state index in [1.165, 1.54) is 4.57 Å². The first-order valence-corrected chi connectivity index (χ1v) is 6.74. The summed E-state index contributed by atoms with van der Waals surface area (Å²) >= 11 is 0. The maximum absolute atomic E-state index is 11.6. The van der Waals surface area contributed by atoms with Gasteiger partial charge in [0, 0.05) is 12.4 Å². The summed E-state index contributed by atoms with van der Waals surface area (Å²) in [6.45, 7) is 0. The second-order valence-electron chi connectivity index (χ2n) is 5.28. The number of rotatable bonds is 3. The third kappa shape index (κ3) is 1.86. The van der Waals surface area contributed by atoms with Crippen molar-refractivity contribution in [2.75, 3.05) is 0 Å². The van der Waals surface area contributed by atoms with Crippen LogP contribution in [0.4, 0.5) is 0 Å². The van der Waals surface area contributed by atoms with E-state index in [2.05, 4.69) is 4.98 Å². The second kappa shape index (κ2) is 4.67. The molecule has 1 aromatic heterocycles. The molecule has 5 heteroatoms. The van der Waals surface area contributed by atoms with Crippen LogP contribution in [0.2, 0.25) is 0 Å². The minimum Gasteiger partial charge on any atom is -0.481 e. The quantitative estimate of drug-likeness (QED) is 0.898. The van der Waals surface area contributed by atoms with Crippen LogP contribution in [0.1, 0.15) is 31.2 Å². The van der Waals surface area contributed by atoms with E-state index in [9.17, 15) is 14.7 Å². The van der Waals surface area contributed by atoms with E-state index in [0.29, 0.717) is 12.8 Å². The molecular weight excluding hydrogens is 256 g/mol. The zero-order valence-electron chi connectivity index (χ0n) is 11.0. The highest BCUT2D eigenvalue weighted by molar-refractivity contribution is 5.81. The molecule has 0 radical (unpaired) electrons. The van der Waals surface area contributed by atoms with Gasteiger partial charge < -0.3 is 10.1 Å². The van der Waals surface area contributed by atoms with Gasteiger partial charge in [-0.15, -0.1) is 0 Å². The summed E-state index contributed by atoms with van der Waals surface area (Å²) in [6, 6.07) is 7.25. The predicted molar refractivity (Wildman–Crippen MR) is 74.2 cm³/mol. The standard InChI is InChI=1S/C15H16N2O3/c18-13(19)15(7-1-2-8-15)11-3-5-12(6-4-11)17-10-9-16-14(17)20/h3-6,9-10H,1-2,7-8H2,(H,16,20)(H,18,19). The van der Waals surface area contributed by atoms with Crippen LogP contribution in [-0.4, -0.2) is 20.6 Å². The van der Waals surface area contributed by atoms with Gasteiger partial charge in [0.1, 0.15) is 0 Å². The highest BCUT2D eigenvalue weighted by atomic mass is 16.4. The summed E-state index contributed by atoms with van der Waals surface area (Å²) in [5.41, 5.74) is 0.613. The molecule has 0 saturated heterocycles. The molecule has 1 fully saturated rings. The van der Waals surface area contributed by atoms with Gasteiger partial charge in [-0.3, -0.25) is 9.36 Å². The largest absolute Gasteiger partial charge is 0.481 e. The lowest BCUT2D eigenvalue weighted by molar-refractivity contribution is -0.143.